The van der Waals surface area contributed by atoms with Crippen LogP contribution in [0.25, 0.3) is 0 Å². The summed E-state index contributed by atoms with van der Waals surface area (Å²) in [7, 11) is 1.57. The number of hydrogen-bond acceptors (Lipinski definition) is 3. The van der Waals surface area contributed by atoms with Crippen molar-refractivity contribution in [3.63, 3.8) is 0 Å². The lowest BCUT2D eigenvalue weighted by molar-refractivity contribution is 0.0630. The molecular weight excluding hydrogens is 350 g/mol. The van der Waals surface area contributed by atoms with Gasteiger partial charge >= 0.3 is 0 Å². The number of carbonyl (C=O) groups excluding carboxylic acids is 1. The van der Waals surface area contributed by atoms with Crippen LogP contribution in [0.3, 0.4) is 0 Å². The number of carbonyl (C=O) groups is 1. The third kappa shape index (κ3) is 4.08. The summed E-state index contributed by atoms with van der Waals surface area (Å²) < 4.78 is 32.3. The second kappa shape index (κ2) is 8.27. The first-order chi connectivity index (χ1) is 11.6. The molecule has 25 heavy (non-hydrogen) atoms. The summed E-state index contributed by atoms with van der Waals surface area (Å²) in [5, 5.41) is 3.25. The van der Waals surface area contributed by atoms with E-state index in [1.807, 2.05) is 24.3 Å². The van der Waals surface area contributed by atoms with Crippen LogP contribution in [-0.2, 0) is 0 Å². The number of piperazine rings is 1. The Kier molecular flexibility index (Phi) is 6.33. The summed E-state index contributed by atoms with van der Waals surface area (Å²) >= 11 is 0. The van der Waals surface area contributed by atoms with E-state index in [1.165, 1.54) is 0 Å². The minimum Gasteiger partial charge on any atom is -0.496 e. The molecule has 1 amide bonds. The zero-order valence-corrected chi connectivity index (χ0v) is 14.5. The number of benzene rings is 2. The third-order valence-corrected chi connectivity index (χ3v) is 4.11. The summed E-state index contributed by atoms with van der Waals surface area (Å²) in [6, 6.07) is 10.1. The van der Waals surface area contributed by atoms with E-state index in [4.69, 9.17) is 4.74 Å². The van der Waals surface area contributed by atoms with Crippen LogP contribution in [0.15, 0.2) is 42.5 Å². The van der Waals surface area contributed by atoms with Gasteiger partial charge in [0.05, 0.1) is 13.2 Å². The van der Waals surface area contributed by atoms with Crippen molar-refractivity contribution in [3.05, 3.63) is 65.2 Å². The molecule has 2 aromatic carbocycles. The largest absolute Gasteiger partial charge is 0.496 e. The van der Waals surface area contributed by atoms with Crippen LogP contribution >= 0.6 is 12.4 Å². The average Bonchev–Trinajstić information content (AvgIpc) is 2.60. The monoisotopic (exact) mass is 368 g/mol. The zero-order chi connectivity index (χ0) is 17.1. The van der Waals surface area contributed by atoms with E-state index < -0.39 is 17.5 Å². The van der Waals surface area contributed by atoms with E-state index in [2.05, 4.69) is 5.32 Å². The molecule has 0 aliphatic carbocycles. The van der Waals surface area contributed by atoms with Gasteiger partial charge in [-0.3, -0.25) is 4.79 Å². The molecule has 4 nitrogen and oxygen atoms in total. The SMILES string of the molecule is COc1ccccc1C1CNCCN1C(=O)c1cc(F)cc(F)c1.Cl. The smallest absolute Gasteiger partial charge is 0.254 e. The van der Waals surface area contributed by atoms with Gasteiger partial charge < -0.3 is 15.0 Å². The van der Waals surface area contributed by atoms with Crippen LogP contribution < -0.4 is 10.1 Å². The molecule has 1 heterocycles. The highest BCUT2D eigenvalue weighted by Gasteiger charge is 2.30. The highest BCUT2D eigenvalue weighted by atomic mass is 35.5. The molecule has 0 spiro atoms. The molecule has 7 heteroatoms. The lowest BCUT2D eigenvalue weighted by Crippen LogP contribution is -2.48. The van der Waals surface area contributed by atoms with Crippen molar-refractivity contribution in [2.24, 2.45) is 0 Å². The minimum atomic E-state index is -0.762. The van der Waals surface area contributed by atoms with Crippen molar-refractivity contribution in [3.8, 4) is 5.75 Å². The number of nitrogens with zero attached hydrogens (tertiary/aromatic N) is 1. The van der Waals surface area contributed by atoms with Crippen LogP contribution in [0.4, 0.5) is 8.78 Å². The Bertz CT molecular complexity index is 737. The summed E-state index contributed by atoms with van der Waals surface area (Å²) in [5.74, 6) is -1.25. The molecule has 1 atom stereocenters. The zero-order valence-electron chi connectivity index (χ0n) is 13.7. The van der Waals surface area contributed by atoms with E-state index in [0.717, 1.165) is 23.8 Å². The molecular formula is C18H19ClF2N2O2. The van der Waals surface area contributed by atoms with Crippen molar-refractivity contribution in [2.45, 2.75) is 6.04 Å². The van der Waals surface area contributed by atoms with Crippen LogP contribution in [0.5, 0.6) is 5.75 Å². The topological polar surface area (TPSA) is 41.6 Å². The second-order valence-electron chi connectivity index (χ2n) is 5.62. The van der Waals surface area contributed by atoms with Gasteiger partial charge in [-0.2, -0.15) is 0 Å². The van der Waals surface area contributed by atoms with E-state index in [0.29, 0.717) is 25.4 Å². The van der Waals surface area contributed by atoms with Crippen LogP contribution in [-0.4, -0.2) is 37.6 Å². The van der Waals surface area contributed by atoms with Crippen LogP contribution in [0, 0.1) is 11.6 Å². The Morgan fingerprint density at radius 1 is 1.20 bits per heavy atom. The maximum atomic E-state index is 13.5. The molecule has 1 saturated heterocycles. The standard InChI is InChI=1S/C18H18F2N2O2.ClH/c1-24-17-5-3-2-4-15(17)16-11-21-6-7-22(16)18(23)12-8-13(19)10-14(20)9-12;/h2-5,8-10,16,21H,6-7,11H2,1H3;1H. The first-order valence-corrected chi connectivity index (χ1v) is 7.71. The van der Waals surface area contributed by atoms with Crippen molar-refractivity contribution in [2.75, 3.05) is 26.7 Å². The Labute approximate surface area is 151 Å². The highest BCUT2D eigenvalue weighted by molar-refractivity contribution is 5.94. The molecule has 0 saturated carbocycles. The summed E-state index contributed by atoms with van der Waals surface area (Å²) in [6.45, 7) is 1.61. The van der Waals surface area contributed by atoms with E-state index in [9.17, 15) is 13.6 Å². The number of nitrogens with one attached hydrogen (secondary N) is 1. The molecule has 1 aliphatic rings. The summed E-state index contributed by atoms with van der Waals surface area (Å²) in [5.41, 5.74) is 0.867. The van der Waals surface area contributed by atoms with Crippen LogP contribution in [0.1, 0.15) is 22.0 Å². The molecule has 134 valence electrons. The van der Waals surface area contributed by atoms with Crippen molar-refractivity contribution in [1.82, 2.24) is 10.2 Å². The van der Waals surface area contributed by atoms with Gasteiger partial charge in [-0.1, -0.05) is 18.2 Å². The fourth-order valence-electron chi connectivity index (χ4n) is 3.01. The molecule has 0 aromatic heterocycles. The summed E-state index contributed by atoms with van der Waals surface area (Å²) in [4.78, 5) is 14.4. The minimum absolute atomic E-state index is 0. The van der Waals surface area contributed by atoms with Gasteiger partial charge in [-0.25, -0.2) is 8.78 Å². The molecule has 1 unspecified atom stereocenters. The average molecular weight is 369 g/mol. The van der Waals surface area contributed by atoms with E-state index in [-0.39, 0.29) is 24.0 Å². The predicted molar refractivity (Wildman–Crippen MR) is 93.2 cm³/mol. The number of para-hydroxylation sites is 1. The predicted octanol–water partition coefficient (Wildman–Crippen LogP) is 3.18. The van der Waals surface area contributed by atoms with Gasteiger partial charge in [-0.05, 0) is 18.2 Å². The first-order valence-electron chi connectivity index (χ1n) is 7.71. The Hall–Kier alpha value is -2.18. The first kappa shape index (κ1) is 19.1. The maximum absolute atomic E-state index is 13.5. The third-order valence-electron chi connectivity index (χ3n) is 4.11. The number of halogens is 3. The normalized spacial score (nSPS) is 16.9. The molecule has 2 aromatic rings. The molecule has 0 radical (unpaired) electrons. The fraction of sp³-hybridized carbons (Fsp3) is 0.278. The van der Waals surface area contributed by atoms with Crippen molar-refractivity contribution >= 4 is 18.3 Å². The van der Waals surface area contributed by atoms with Gasteiger partial charge in [-0.15, -0.1) is 12.4 Å². The lowest BCUT2D eigenvalue weighted by Gasteiger charge is -2.37. The number of methoxy groups -OCH3 is 1. The highest BCUT2D eigenvalue weighted by Crippen LogP contribution is 2.31. The van der Waals surface area contributed by atoms with Gasteiger partial charge in [0, 0.05) is 36.8 Å². The molecule has 3 rings (SSSR count). The van der Waals surface area contributed by atoms with E-state index >= 15 is 0 Å². The number of hydrogen-bond donors (Lipinski definition) is 1. The number of ether oxygens (including phenoxy) is 1. The van der Waals surface area contributed by atoms with E-state index in [1.54, 1.807) is 12.0 Å². The second-order valence-corrected chi connectivity index (χ2v) is 5.62. The van der Waals surface area contributed by atoms with Gasteiger partial charge in [0.25, 0.3) is 5.91 Å². The molecule has 1 N–H and O–H groups in total. The van der Waals surface area contributed by atoms with Crippen molar-refractivity contribution < 1.29 is 18.3 Å². The lowest BCUT2D eigenvalue weighted by atomic mass is 10.0. The van der Waals surface area contributed by atoms with Crippen LogP contribution in [0.2, 0.25) is 0 Å². The summed E-state index contributed by atoms with van der Waals surface area (Å²) in [6.07, 6.45) is 0. The number of amides is 1. The van der Waals surface area contributed by atoms with Gasteiger partial charge in [0.1, 0.15) is 17.4 Å². The maximum Gasteiger partial charge on any atom is 0.254 e. The fourth-order valence-corrected chi connectivity index (χ4v) is 3.01. The molecule has 1 fully saturated rings. The Morgan fingerprint density at radius 3 is 2.56 bits per heavy atom. The Morgan fingerprint density at radius 2 is 1.88 bits per heavy atom. The quantitative estimate of drug-likeness (QED) is 0.904. The number of rotatable bonds is 3. The molecule has 1 aliphatic heterocycles. The van der Waals surface area contributed by atoms with Crippen molar-refractivity contribution in [1.29, 1.82) is 0 Å². The van der Waals surface area contributed by atoms with Gasteiger partial charge in [0.2, 0.25) is 0 Å². The molecule has 0 bridgehead atoms. The Balaban J connectivity index is 0.00000225. The van der Waals surface area contributed by atoms with Gasteiger partial charge in [0.15, 0.2) is 0 Å².